The zero-order chi connectivity index (χ0) is 20.7. The van der Waals surface area contributed by atoms with Crippen LogP contribution < -0.4 is 4.74 Å². The van der Waals surface area contributed by atoms with Gasteiger partial charge in [-0.3, -0.25) is 4.55 Å². The van der Waals surface area contributed by atoms with Crippen molar-refractivity contribution >= 4 is 30.9 Å². The van der Waals surface area contributed by atoms with Crippen LogP contribution in [0, 0.1) is 0 Å². The average molecular weight is 435 g/mol. The van der Waals surface area contributed by atoms with Gasteiger partial charge in [0, 0.05) is 11.5 Å². The number of alkyl halides is 3. The highest BCUT2D eigenvalue weighted by atomic mass is 32.2. The van der Waals surface area contributed by atoms with E-state index >= 15 is 0 Å². The van der Waals surface area contributed by atoms with Crippen LogP contribution in [0.5, 0.6) is 5.75 Å². The highest BCUT2D eigenvalue weighted by Gasteiger charge is 2.32. The number of hydrogen-bond acceptors (Lipinski definition) is 5. The van der Waals surface area contributed by atoms with Crippen LogP contribution in [0.4, 0.5) is 13.2 Å². The number of nitrogens with one attached hydrogen (secondary N) is 1. The number of sulfone groups is 1. The number of benzene rings is 2. The predicted octanol–water partition coefficient (Wildman–Crippen LogP) is 3.19. The summed E-state index contributed by atoms with van der Waals surface area (Å²) in [5.41, 5.74) is -0.137. The van der Waals surface area contributed by atoms with Crippen LogP contribution in [-0.2, 0) is 20.0 Å². The van der Waals surface area contributed by atoms with Gasteiger partial charge < -0.3 is 9.72 Å². The number of aromatic amines is 1. The fraction of sp³-hybridized carbons (Fsp3) is 0.125. The molecule has 12 heteroatoms. The third kappa shape index (κ3) is 3.98. The Morgan fingerprint density at radius 2 is 1.64 bits per heavy atom. The summed E-state index contributed by atoms with van der Waals surface area (Å²) < 4.78 is 100. The van der Waals surface area contributed by atoms with Crippen molar-refractivity contribution in [2.45, 2.75) is 21.0 Å². The highest BCUT2D eigenvalue weighted by Crippen LogP contribution is 2.35. The Morgan fingerprint density at radius 1 is 1.00 bits per heavy atom. The van der Waals surface area contributed by atoms with E-state index in [0.29, 0.717) is 0 Å². The van der Waals surface area contributed by atoms with Gasteiger partial charge in [-0.15, -0.1) is 0 Å². The second-order valence-electron chi connectivity index (χ2n) is 5.69. The molecule has 2 N–H and O–H groups in total. The highest BCUT2D eigenvalue weighted by molar-refractivity contribution is 7.92. The third-order valence-electron chi connectivity index (χ3n) is 3.67. The quantitative estimate of drug-likeness (QED) is 0.595. The molecule has 0 unspecified atom stereocenters. The number of aromatic nitrogens is 1. The van der Waals surface area contributed by atoms with Gasteiger partial charge in [-0.2, -0.15) is 21.6 Å². The monoisotopic (exact) mass is 435 g/mol. The Balaban J connectivity index is 2.20. The summed E-state index contributed by atoms with van der Waals surface area (Å²) in [6.45, 7) is -1.58. The first-order valence-electron chi connectivity index (χ1n) is 7.52. The Labute approximate surface area is 157 Å². The van der Waals surface area contributed by atoms with Crippen molar-refractivity contribution in [3.05, 3.63) is 48.5 Å². The van der Waals surface area contributed by atoms with Gasteiger partial charge in [0.05, 0.1) is 10.4 Å². The van der Waals surface area contributed by atoms with Crippen LogP contribution >= 0.6 is 0 Å². The van der Waals surface area contributed by atoms with E-state index < -0.39 is 42.7 Å². The molecule has 28 heavy (non-hydrogen) atoms. The summed E-state index contributed by atoms with van der Waals surface area (Å²) in [6.07, 6.45) is -4.59. The molecule has 1 heterocycles. The maximum Gasteiger partial charge on any atom is 0.422 e. The average Bonchev–Trinajstić information content (AvgIpc) is 3.00. The van der Waals surface area contributed by atoms with E-state index in [0.717, 1.165) is 18.2 Å². The minimum Gasteiger partial charge on any atom is -0.484 e. The first kappa shape index (κ1) is 20.2. The van der Waals surface area contributed by atoms with Gasteiger partial charge in [0.15, 0.2) is 11.6 Å². The fourth-order valence-corrected chi connectivity index (χ4v) is 5.28. The van der Waals surface area contributed by atoms with Crippen molar-refractivity contribution in [3.8, 4) is 5.75 Å². The predicted molar refractivity (Wildman–Crippen MR) is 91.6 cm³/mol. The van der Waals surface area contributed by atoms with Crippen molar-refractivity contribution in [2.75, 3.05) is 6.61 Å². The molecule has 1 aromatic heterocycles. The van der Waals surface area contributed by atoms with Crippen molar-refractivity contribution in [2.24, 2.45) is 0 Å². The molecule has 0 spiro atoms. The molecule has 0 bridgehead atoms. The standard InChI is InChI=1S/C16H12F3NO6S2/c17-16(18,19)9-26-10-6-7-12-13(8-10)20-15(14(12)28(23,24)25)27(21,22)11-4-2-1-3-5-11/h1-8,20H,9H2,(H,23,24,25). The third-order valence-corrected chi connectivity index (χ3v) is 6.48. The number of rotatable bonds is 5. The maximum atomic E-state index is 12.8. The number of fused-ring (bicyclic) bond motifs is 1. The molecule has 2 aromatic carbocycles. The van der Waals surface area contributed by atoms with Crippen molar-refractivity contribution < 1.29 is 39.3 Å². The Kier molecular flexibility index (Phi) is 4.89. The molecule has 0 aliphatic carbocycles. The lowest BCUT2D eigenvalue weighted by Gasteiger charge is -2.08. The van der Waals surface area contributed by atoms with Crippen LogP contribution in [0.3, 0.4) is 0 Å². The first-order chi connectivity index (χ1) is 12.9. The summed E-state index contributed by atoms with van der Waals surface area (Å²) in [5, 5.41) is -1.01. The van der Waals surface area contributed by atoms with Gasteiger partial charge in [0.2, 0.25) is 9.84 Å². The van der Waals surface area contributed by atoms with E-state index in [1.54, 1.807) is 6.07 Å². The molecule has 3 aromatic rings. The molecule has 0 aliphatic rings. The van der Waals surface area contributed by atoms with Gasteiger partial charge in [-0.25, -0.2) is 8.42 Å². The molecule has 0 radical (unpaired) electrons. The SMILES string of the molecule is O=S(=O)(O)c1c(S(=O)(=O)c2ccccc2)[nH]c2cc(OCC(F)(F)F)ccc12. The normalized spacial score (nSPS) is 13.0. The number of halogens is 3. The van der Waals surface area contributed by atoms with E-state index in [2.05, 4.69) is 9.72 Å². The Bertz CT molecular complexity index is 1230. The maximum absolute atomic E-state index is 12.8. The van der Waals surface area contributed by atoms with Gasteiger partial charge in [-0.05, 0) is 24.3 Å². The Hall–Kier alpha value is -2.57. The second-order valence-corrected chi connectivity index (χ2v) is 8.93. The lowest BCUT2D eigenvalue weighted by atomic mass is 10.2. The summed E-state index contributed by atoms with van der Waals surface area (Å²) in [7, 11) is -9.37. The first-order valence-corrected chi connectivity index (χ1v) is 10.4. The zero-order valence-corrected chi connectivity index (χ0v) is 15.4. The van der Waals surface area contributed by atoms with Crippen LogP contribution in [0.15, 0.2) is 63.3 Å². The van der Waals surface area contributed by atoms with Gasteiger partial charge in [0.25, 0.3) is 10.1 Å². The van der Waals surface area contributed by atoms with E-state index in [-0.39, 0.29) is 21.5 Å². The van der Waals surface area contributed by atoms with E-state index in [9.17, 15) is 34.6 Å². The van der Waals surface area contributed by atoms with Crippen molar-refractivity contribution in [3.63, 3.8) is 0 Å². The minimum absolute atomic E-state index is 0.137. The molecule has 0 aliphatic heterocycles. The smallest absolute Gasteiger partial charge is 0.422 e. The lowest BCUT2D eigenvalue weighted by Crippen LogP contribution is -2.19. The molecule has 0 fully saturated rings. The molecule has 0 saturated heterocycles. The van der Waals surface area contributed by atoms with Crippen LogP contribution in [0.2, 0.25) is 0 Å². The summed E-state index contributed by atoms with van der Waals surface area (Å²) in [5.74, 6) is -0.267. The van der Waals surface area contributed by atoms with E-state index in [4.69, 9.17) is 0 Å². The largest absolute Gasteiger partial charge is 0.484 e. The van der Waals surface area contributed by atoms with Crippen LogP contribution in [-0.4, -0.2) is 39.2 Å². The van der Waals surface area contributed by atoms with E-state index in [1.165, 1.54) is 24.3 Å². The summed E-state index contributed by atoms with van der Waals surface area (Å²) in [6, 6.07) is 9.95. The van der Waals surface area contributed by atoms with Crippen molar-refractivity contribution in [1.29, 1.82) is 0 Å². The van der Waals surface area contributed by atoms with Crippen LogP contribution in [0.25, 0.3) is 10.9 Å². The zero-order valence-electron chi connectivity index (χ0n) is 13.8. The molecule has 7 nitrogen and oxygen atoms in total. The summed E-state index contributed by atoms with van der Waals surface area (Å²) in [4.78, 5) is 1.23. The van der Waals surface area contributed by atoms with Crippen LogP contribution in [0.1, 0.15) is 0 Å². The molecule has 150 valence electrons. The van der Waals surface area contributed by atoms with Crippen molar-refractivity contribution in [1.82, 2.24) is 4.98 Å². The molecule has 0 amide bonds. The molecule has 0 atom stereocenters. The lowest BCUT2D eigenvalue weighted by molar-refractivity contribution is -0.153. The molecule has 3 rings (SSSR count). The van der Waals surface area contributed by atoms with Gasteiger partial charge in [-0.1, -0.05) is 18.2 Å². The number of H-pyrrole nitrogens is 1. The van der Waals surface area contributed by atoms with E-state index in [1.807, 2.05) is 0 Å². The molecular formula is C16H12F3NO6S2. The summed E-state index contributed by atoms with van der Waals surface area (Å²) >= 11 is 0. The number of hydrogen-bond donors (Lipinski definition) is 2. The second kappa shape index (κ2) is 6.79. The number of ether oxygens (including phenoxy) is 1. The topological polar surface area (TPSA) is 114 Å². The molecule has 0 saturated carbocycles. The fourth-order valence-electron chi connectivity index (χ4n) is 2.54. The molecular weight excluding hydrogens is 423 g/mol. The Morgan fingerprint density at radius 3 is 2.21 bits per heavy atom. The van der Waals surface area contributed by atoms with Gasteiger partial charge >= 0.3 is 6.18 Å². The van der Waals surface area contributed by atoms with Gasteiger partial charge in [0.1, 0.15) is 10.6 Å². The minimum atomic E-state index is -4.99.